The van der Waals surface area contributed by atoms with Gasteiger partial charge in [0.05, 0.1) is 5.69 Å². The molecule has 4 heteroatoms. The van der Waals surface area contributed by atoms with E-state index in [1.165, 1.54) is 0 Å². The molecule has 0 aliphatic rings. The zero-order valence-electron chi connectivity index (χ0n) is 10.2. The third-order valence-electron chi connectivity index (χ3n) is 2.74. The van der Waals surface area contributed by atoms with Crippen molar-refractivity contribution in [2.45, 2.75) is 19.7 Å². The van der Waals surface area contributed by atoms with E-state index in [0.29, 0.717) is 5.88 Å². The molecule has 1 heterocycles. The minimum atomic E-state index is 0.519. The van der Waals surface area contributed by atoms with Crippen LogP contribution in [0.5, 0.6) is 11.5 Å². The number of hydrogen-bond acceptors (Lipinski definition) is 2. The molecule has 0 saturated carbocycles. The highest BCUT2D eigenvalue weighted by Gasteiger charge is 2.11. The van der Waals surface area contributed by atoms with Crippen LogP contribution in [0.15, 0.2) is 24.3 Å². The monoisotopic (exact) mass is 250 g/mol. The lowest BCUT2D eigenvalue weighted by Crippen LogP contribution is -1.93. The van der Waals surface area contributed by atoms with Crippen molar-refractivity contribution in [1.82, 2.24) is 9.78 Å². The Morgan fingerprint density at radius 1 is 1.24 bits per heavy atom. The van der Waals surface area contributed by atoms with E-state index in [1.54, 1.807) is 0 Å². The maximum absolute atomic E-state index is 5.83. The molecule has 0 atom stereocenters. The van der Waals surface area contributed by atoms with Crippen LogP contribution in [0.4, 0.5) is 0 Å². The second-order valence-electron chi connectivity index (χ2n) is 4.00. The standard InChI is InChI=1S/C13H15ClN2O/c1-9-13(10(2)16(3)15-9)17-12-6-4-11(8-14)5-7-12/h4-7H,8H2,1-3H3. The Kier molecular flexibility index (Phi) is 3.38. The van der Waals surface area contributed by atoms with Gasteiger partial charge in [-0.1, -0.05) is 12.1 Å². The number of alkyl halides is 1. The smallest absolute Gasteiger partial charge is 0.171 e. The molecule has 3 nitrogen and oxygen atoms in total. The van der Waals surface area contributed by atoms with Gasteiger partial charge in [0.15, 0.2) is 5.75 Å². The summed E-state index contributed by atoms with van der Waals surface area (Å²) in [7, 11) is 1.91. The molecular weight excluding hydrogens is 236 g/mol. The van der Waals surface area contributed by atoms with E-state index in [1.807, 2.05) is 49.8 Å². The van der Waals surface area contributed by atoms with Gasteiger partial charge in [-0.2, -0.15) is 5.10 Å². The minimum Gasteiger partial charge on any atom is -0.453 e. The Balaban J connectivity index is 2.25. The molecule has 0 unspecified atom stereocenters. The third-order valence-corrected chi connectivity index (χ3v) is 3.05. The number of halogens is 1. The van der Waals surface area contributed by atoms with E-state index in [2.05, 4.69) is 5.10 Å². The van der Waals surface area contributed by atoms with E-state index in [9.17, 15) is 0 Å². The maximum Gasteiger partial charge on any atom is 0.171 e. The maximum atomic E-state index is 5.83. The second kappa shape index (κ2) is 4.80. The summed E-state index contributed by atoms with van der Waals surface area (Å²) in [6, 6.07) is 7.76. The summed E-state index contributed by atoms with van der Waals surface area (Å²) in [5.74, 6) is 2.15. The average Bonchev–Trinajstić information content (AvgIpc) is 2.57. The molecule has 17 heavy (non-hydrogen) atoms. The van der Waals surface area contributed by atoms with Crippen LogP contribution in [0, 0.1) is 13.8 Å². The molecule has 0 aliphatic carbocycles. The molecule has 1 aromatic heterocycles. The Morgan fingerprint density at radius 2 is 1.88 bits per heavy atom. The lowest BCUT2D eigenvalue weighted by molar-refractivity contribution is 0.474. The molecule has 2 aromatic rings. The lowest BCUT2D eigenvalue weighted by Gasteiger charge is -2.06. The summed E-state index contributed by atoms with van der Waals surface area (Å²) in [5.41, 5.74) is 2.99. The first-order chi connectivity index (χ1) is 8.11. The molecule has 0 radical (unpaired) electrons. The van der Waals surface area contributed by atoms with Crippen LogP contribution in [0.2, 0.25) is 0 Å². The SMILES string of the molecule is Cc1nn(C)c(C)c1Oc1ccc(CCl)cc1. The molecule has 0 aliphatic heterocycles. The Labute approximate surface area is 106 Å². The van der Waals surface area contributed by atoms with Gasteiger partial charge in [-0.3, -0.25) is 4.68 Å². The van der Waals surface area contributed by atoms with Gasteiger partial charge in [-0.05, 0) is 31.5 Å². The van der Waals surface area contributed by atoms with Crippen molar-refractivity contribution in [3.05, 3.63) is 41.2 Å². The van der Waals surface area contributed by atoms with Crippen LogP contribution in [0.25, 0.3) is 0 Å². The van der Waals surface area contributed by atoms with Gasteiger partial charge in [0.2, 0.25) is 0 Å². The van der Waals surface area contributed by atoms with Gasteiger partial charge >= 0.3 is 0 Å². The van der Waals surface area contributed by atoms with Gasteiger partial charge in [0.25, 0.3) is 0 Å². The largest absolute Gasteiger partial charge is 0.453 e. The van der Waals surface area contributed by atoms with Gasteiger partial charge in [-0.25, -0.2) is 0 Å². The number of aryl methyl sites for hydroxylation is 2. The average molecular weight is 251 g/mol. The topological polar surface area (TPSA) is 27.1 Å². The zero-order chi connectivity index (χ0) is 12.4. The number of aromatic nitrogens is 2. The number of nitrogens with zero attached hydrogens (tertiary/aromatic N) is 2. The van der Waals surface area contributed by atoms with Crippen molar-refractivity contribution >= 4 is 11.6 Å². The van der Waals surface area contributed by atoms with E-state index in [0.717, 1.165) is 28.5 Å². The fraction of sp³-hybridized carbons (Fsp3) is 0.308. The van der Waals surface area contributed by atoms with E-state index in [4.69, 9.17) is 16.3 Å². The van der Waals surface area contributed by atoms with Crippen molar-refractivity contribution in [3.8, 4) is 11.5 Å². The first kappa shape index (κ1) is 12.0. The Hall–Kier alpha value is -1.48. The van der Waals surface area contributed by atoms with E-state index < -0.39 is 0 Å². The number of benzene rings is 1. The first-order valence-corrected chi connectivity index (χ1v) is 5.98. The van der Waals surface area contributed by atoms with Gasteiger partial charge < -0.3 is 4.74 Å². The molecule has 0 saturated heterocycles. The predicted molar refractivity (Wildman–Crippen MR) is 68.8 cm³/mol. The summed E-state index contributed by atoms with van der Waals surface area (Å²) >= 11 is 5.74. The number of rotatable bonds is 3. The molecular formula is C13H15ClN2O. The molecule has 0 spiro atoms. The highest BCUT2D eigenvalue weighted by atomic mass is 35.5. The van der Waals surface area contributed by atoms with E-state index >= 15 is 0 Å². The van der Waals surface area contributed by atoms with Crippen LogP contribution in [0.3, 0.4) is 0 Å². The van der Waals surface area contributed by atoms with Crippen LogP contribution in [-0.2, 0) is 12.9 Å². The Morgan fingerprint density at radius 3 is 2.35 bits per heavy atom. The number of hydrogen-bond donors (Lipinski definition) is 0. The van der Waals surface area contributed by atoms with E-state index in [-0.39, 0.29) is 0 Å². The van der Waals surface area contributed by atoms with Gasteiger partial charge in [0.1, 0.15) is 11.4 Å². The fourth-order valence-electron chi connectivity index (χ4n) is 1.67. The molecule has 90 valence electrons. The van der Waals surface area contributed by atoms with Gasteiger partial charge in [0, 0.05) is 12.9 Å². The third kappa shape index (κ3) is 2.44. The fourth-order valence-corrected chi connectivity index (χ4v) is 1.84. The zero-order valence-corrected chi connectivity index (χ0v) is 11.0. The molecule has 0 N–H and O–H groups in total. The molecule has 0 fully saturated rings. The molecule has 2 rings (SSSR count). The predicted octanol–water partition coefficient (Wildman–Crippen LogP) is 3.57. The van der Waals surface area contributed by atoms with Crippen LogP contribution in [0.1, 0.15) is 17.0 Å². The van der Waals surface area contributed by atoms with Gasteiger partial charge in [-0.15, -0.1) is 11.6 Å². The highest BCUT2D eigenvalue weighted by molar-refractivity contribution is 6.17. The van der Waals surface area contributed by atoms with Crippen LogP contribution in [-0.4, -0.2) is 9.78 Å². The highest BCUT2D eigenvalue weighted by Crippen LogP contribution is 2.28. The summed E-state index contributed by atoms with van der Waals surface area (Å²) in [6.45, 7) is 3.93. The van der Waals surface area contributed by atoms with Crippen molar-refractivity contribution in [2.75, 3.05) is 0 Å². The molecule has 0 amide bonds. The number of ether oxygens (including phenoxy) is 1. The normalized spacial score (nSPS) is 10.6. The van der Waals surface area contributed by atoms with Crippen molar-refractivity contribution in [3.63, 3.8) is 0 Å². The second-order valence-corrected chi connectivity index (χ2v) is 4.27. The van der Waals surface area contributed by atoms with Crippen LogP contribution >= 0.6 is 11.6 Å². The minimum absolute atomic E-state index is 0.519. The summed E-state index contributed by atoms with van der Waals surface area (Å²) < 4.78 is 7.65. The summed E-state index contributed by atoms with van der Waals surface area (Å²) in [4.78, 5) is 0. The summed E-state index contributed by atoms with van der Waals surface area (Å²) in [6.07, 6.45) is 0. The van der Waals surface area contributed by atoms with Crippen molar-refractivity contribution < 1.29 is 4.74 Å². The van der Waals surface area contributed by atoms with Crippen LogP contribution < -0.4 is 4.74 Å². The molecule has 0 bridgehead atoms. The summed E-state index contributed by atoms with van der Waals surface area (Å²) in [5, 5.41) is 4.31. The quantitative estimate of drug-likeness (QED) is 0.779. The molecule has 1 aromatic carbocycles. The van der Waals surface area contributed by atoms with Crippen molar-refractivity contribution in [1.29, 1.82) is 0 Å². The van der Waals surface area contributed by atoms with Crippen molar-refractivity contribution in [2.24, 2.45) is 7.05 Å². The lowest BCUT2D eigenvalue weighted by atomic mass is 10.2. The first-order valence-electron chi connectivity index (χ1n) is 5.44. The Bertz CT molecular complexity index is 517.